The highest BCUT2D eigenvalue weighted by Gasteiger charge is 2.31. The van der Waals surface area contributed by atoms with E-state index in [1.54, 1.807) is 23.1 Å². The summed E-state index contributed by atoms with van der Waals surface area (Å²) in [4.78, 5) is 27.6. The van der Waals surface area contributed by atoms with Crippen LogP contribution in [-0.2, 0) is 0 Å². The molecule has 0 spiro atoms. The molecule has 2 aliphatic rings. The molecule has 2 heterocycles. The molecule has 0 bridgehead atoms. The van der Waals surface area contributed by atoms with Crippen molar-refractivity contribution < 1.29 is 9.72 Å². The lowest BCUT2D eigenvalue weighted by Crippen LogP contribution is -2.49. The first-order chi connectivity index (χ1) is 10.7. The molecule has 1 aromatic rings. The molecule has 2 saturated heterocycles. The number of amides is 1. The number of likely N-dealkylation sites (tertiary alicyclic amines) is 2. The van der Waals surface area contributed by atoms with E-state index in [9.17, 15) is 14.9 Å². The number of hydrogen-bond acceptors (Lipinski definition) is 4. The minimum absolute atomic E-state index is 0.101. The van der Waals surface area contributed by atoms with E-state index >= 15 is 0 Å². The Morgan fingerprint density at radius 3 is 2.59 bits per heavy atom. The summed E-state index contributed by atoms with van der Waals surface area (Å²) in [5.74, 6) is -0.212. The minimum atomic E-state index is -0.477. The SMILES string of the molecule is O=C(c1ccccc1[N+](=O)[O-])N1CCC[C@@H](N2CCCC2)C1. The molecule has 2 fully saturated rings. The fourth-order valence-electron chi connectivity index (χ4n) is 3.53. The number of nitro benzene ring substituents is 1. The minimum Gasteiger partial charge on any atom is -0.337 e. The zero-order valence-electron chi connectivity index (χ0n) is 12.6. The standard InChI is InChI=1S/C16H21N3O3/c20-16(14-7-1-2-8-15(14)19(21)22)18-11-5-6-13(12-18)17-9-3-4-10-17/h1-2,7-8,13H,3-6,9-12H2/t13-/m1/s1. The molecule has 0 aromatic heterocycles. The summed E-state index contributed by atoms with van der Waals surface area (Å²) in [5, 5.41) is 11.1. The van der Waals surface area contributed by atoms with Gasteiger partial charge in [-0.15, -0.1) is 0 Å². The fraction of sp³-hybridized carbons (Fsp3) is 0.562. The van der Waals surface area contributed by atoms with Gasteiger partial charge in [0, 0.05) is 25.2 Å². The van der Waals surface area contributed by atoms with Crippen LogP contribution in [0.4, 0.5) is 5.69 Å². The first kappa shape index (κ1) is 15.0. The van der Waals surface area contributed by atoms with Gasteiger partial charge in [-0.3, -0.25) is 19.8 Å². The van der Waals surface area contributed by atoms with Crippen LogP contribution in [0.1, 0.15) is 36.0 Å². The number of carbonyl (C=O) groups excluding carboxylic acids is 1. The second kappa shape index (κ2) is 6.44. The number of hydrogen-bond donors (Lipinski definition) is 0. The molecule has 0 N–H and O–H groups in total. The smallest absolute Gasteiger partial charge is 0.282 e. The molecule has 1 aromatic carbocycles. The van der Waals surface area contributed by atoms with Crippen molar-refractivity contribution in [2.75, 3.05) is 26.2 Å². The van der Waals surface area contributed by atoms with Crippen molar-refractivity contribution >= 4 is 11.6 Å². The van der Waals surface area contributed by atoms with Crippen molar-refractivity contribution in [2.24, 2.45) is 0 Å². The van der Waals surface area contributed by atoms with Crippen LogP contribution in [0.15, 0.2) is 24.3 Å². The molecule has 0 radical (unpaired) electrons. The van der Waals surface area contributed by atoms with E-state index in [0.717, 1.165) is 25.9 Å². The molecule has 2 aliphatic heterocycles. The second-order valence-corrected chi connectivity index (χ2v) is 6.06. The lowest BCUT2D eigenvalue weighted by Gasteiger charge is -2.37. The van der Waals surface area contributed by atoms with E-state index in [1.165, 1.54) is 18.9 Å². The van der Waals surface area contributed by atoms with Crippen molar-refractivity contribution in [1.82, 2.24) is 9.80 Å². The third kappa shape index (κ3) is 2.97. The zero-order chi connectivity index (χ0) is 15.5. The molecule has 6 heteroatoms. The quantitative estimate of drug-likeness (QED) is 0.635. The Kier molecular flexibility index (Phi) is 4.38. The van der Waals surface area contributed by atoms with Crippen LogP contribution in [0.25, 0.3) is 0 Å². The van der Waals surface area contributed by atoms with Gasteiger partial charge in [-0.1, -0.05) is 12.1 Å². The summed E-state index contributed by atoms with van der Waals surface area (Å²) >= 11 is 0. The number of benzene rings is 1. The summed E-state index contributed by atoms with van der Waals surface area (Å²) in [6, 6.07) is 6.64. The van der Waals surface area contributed by atoms with E-state index in [2.05, 4.69) is 4.90 Å². The van der Waals surface area contributed by atoms with Gasteiger partial charge >= 0.3 is 0 Å². The number of nitro groups is 1. The highest BCUT2D eigenvalue weighted by Crippen LogP contribution is 2.24. The van der Waals surface area contributed by atoms with Crippen LogP contribution in [0.3, 0.4) is 0 Å². The number of para-hydroxylation sites is 1. The van der Waals surface area contributed by atoms with Crippen molar-refractivity contribution in [3.05, 3.63) is 39.9 Å². The summed E-state index contributed by atoms with van der Waals surface area (Å²) in [6.45, 7) is 3.59. The highest BCUT2D eigenvalue weighted by molar-refractivity contribution is 5.98. The molecule has 3 rings (SSSR count). The van der Waals surface area contributed by atoms with Crippen LogP contribution < -0.4 is 0 Å². The monoisotopic (exact) mass is 303 g/mol. The Morgan fingerprint density at radius 2 is 1.86 bits per heavy atom. The molecule has 0 saturated carbocycles. The van der Waals surface area contributed by atoms with Crippen LogP contribution in [0.2, 0.25) is 0 Å². The average molecular weight is 303 g/mol. The maximum atomic E-state index is 12.7. The Morgan fingerprint density at radius 1 is 1.14 bits per heavy atom. The van der Waals surface area contributed by atoms with E-state index < -0.39 is 4.92 Å². The van der Waals surface area contributed by atoms with Crippen LogP contribution in [0.5, 0.6) is 0 Å². The zero-order valence-corrected chi connectivity index (χ0v) is 12.6. The molecule has 0 aliphatic carbocycles. The number of rotatable bonds is 3. The van der Waals surface area contributed by atoms with Gasteiger partial charge in [0.2, 0.25) is 0 Å². The first-order valence-electron chi connectivity index (χ1n) is 7.93. The van der Waals surface area contributed by atoms with E-state index in [1.807, 2.05) is 0 Å². The Balaban J connectivity index is 1.75. The van der Waals surface area contributed by atoms with Crippen LogP contribution in [0, 0.1) is 10.1 Å². The van der Waals surface area contributed by atoms with Gasteiger partial charge in [0.25, 0.3) is 11.6 Å². The van der Waals surface area contributed by atoms with Crippen molar-refractivity contribution in [2.45, 2.75) is 31.7 Å². The number of nitrogens with zero attached hydrogens (tertiary/aromatic N) is 3. The highest BCUT2D eigenvalue weighted by atomic mass is 16.6. The normalized spacial score (nSPS) is 22.7. The maximum absolute atomic E-state index is 12.7. The molecule has 1 amide bonds. The number of piperidine rings is 1. The lowest BCUT2D eigenvalue weighted by molar-refractivity contribution is -0.385. The fourth-order valence-corrected chi connectivity index (χ4v) is 3.53. The van der Waals surface area contributed by atoms with Gasteiger partial charge in [0.15, 0.2) is 0 Å². The summed E-state index contributed by atoms with van der Waals surface area (Å²) < 4.78 is 0. The van der Waals surface area contributed by atoms with Crippen molar-refractivity contribution in [3.8, 4) is 0 Å². The van der Waals surface area contributed by atoms with Crippen LogP contribution in [-0.4, -0.2) is 52.9 Å². The van der Waals surface area contributed by atoms with E-state index in [4.69, 9.17) is 0 Å². The third-order valence-electron chi connectivity index (χ3n) is 4.67. The second-order valence-electron chi connectivity index (χ2n) is 6.06. The molecule has 6 nitrogen and oxygen atoms in total. The van der Waals surface area contributed by atoms with Gasteiger partial charge in [-0.25, -0.2) is 0 Å². The van der Waals surface area contributed by atoms with E-state index in [0.29, 0.717) is 19.1 Å². The molecule has 22 heavy (non-hydrogen) atoms. The lowest BCUT2D eigenvalue weighted by atomic mass is 10.0. The average Bonchev–Trinajstić information content (AvgIpc) is 3.09. The summed E-state index contributed by atoms with van der Waals surface area (Å²) in [6.07, 6.45) is 4.54. The van der Waals surface area contributed by atoms with Gasteiger partial charge in [0.05, 0.1) is 4.92 Å². The maximum Gasteiger partial charge on any atom is 0.282 e. The molecule has 118 valence electrons. The van der Waals surface area contributed by atoms with Crippen molar-refractivity contribution in [1.29, 1.82) is 0 Å². The van der Waals surface area contributed by atoms with Gasteiger partial charge in [-0.2, -0.15) is 0 Å². The summed E-state index contributed by atoms with van der Waals surface area (Å²) in [5.41, 5.74) is 0.102. The van der Waals surface area contributed by atoms with Gasteiger partial charge < -0.3 is 4.90 Å². The number of carbonyl (C=O) groups is 1. The Hall–Kier alpha value is -1.95. The predicted octanol–water partition coefficient (Wildman–Crippen LogP) is 2.30. The molecular weight excluding hydrogens is 282 g/mol. The van der Waals surface area contributed by atoms with Crippen LogP contribution >= 0.6 is 0 Å². The Labute approximate surface area is 129 Å². The topological polar surface area (TPSA) is 66.7 Å². The van der Waals surface area contributed by atoms with E-state index in [-0.39, 0.29) is 17.2 Å². The van der Waals surface area contributed by atoms with Gasteiger partial charge in [-0.05, 0) is 44.8 Å². The predicted molar refractivity (Wildman–Crippen MR) is 82.8 cm³/mol. The first-order valence-corrected chi connectivity index (χ1v) is 7.93. The summed E-state index contributed by atoms with van der Waals surface area (Å²) in [7, 11) is 0. The van der Waals surface area contributed by atoms with Crippen molar-refractivity contribution in [3.63, 3.8) is 0 Å². The largest absolute Gasteiger partial charge is 0.337 e. The Bertz CT molecular complexity index is 570. The molecule has 0 unspecified atom stereocenters. The molecular formula is C16H21N3O3. The van der Waals surface area contributed by atoms with Gasteiger partial charge in [0.1, 0.15) is 5.56 Å². The third-order valence-corrected chi connectivity index (χ3v) is 4.67. The molecule has 1 atom stereocenters.